The number of benzene rings is 8. The van der Waals surface area contributed by atoms with E-state index >= 15 is 0 Å². The maximum atomic E-state index is 5.33. The van der Waals surface area contributed by atoms with Crippen LogP contribution in [0.25, 0.3) is 105 Å². The van der Waals surface area contributed by atoms with Gasteiger partial charge in [0.2, 0.25) is 0 Å². The Hall–Kier alpha value is -7.69. The predicted octanol–water partition coefficient (Wildman–Crippen LogP) is 13.6. The number of aromatic nitrogens is 4. The lowest BCUT2D eigenvalue weighted by atomic mass is 9.92. The minimum absolute atomic E-state index is 0.907. The monoisotopic (exact) mass is 726 g/mol. The Morgan fingerprint density at radius 2 is 0.895 bits per heavy atom. The molecule has 0 fully saturated rings. The summed E-state index contributed by atoms with van der Waals surface area (Å²) in [6, 6.07) is 72.6. The van der Waals surface area contributed by atoms with Gasteiger partial charge in [-0.25, -0.2) is 14.6 Å². The van der Waals surface area contributed by atoms with E-state index in [9.17, 15) is 0 Å². The SMILES string of the molecule is c1ccc(-c2ccc3ccc4ccc(-c5cccc(-c6ccc(-c7cc8ccccc8c8c7c(-c7ccccc7)nn8-c7ccccc7)cc6)c5)nc4c3n2)cc1. The lowest BCUT2D eigenvalue weighted by Crippen LogP contribution is -1.96. The van der Waals surface area contributed by atoms with Gasteiger partial charge in [-0.3, -0.25) is 0 Å². The van der Waals surface area contributed by atoms with E-state index in [4.69, 9.17) is 15.1 Å². The van der Waals surface area contributed by atoms with Crippen LogP contribution in [0.1, 0.15) is 0 Å². The quantitative estimate of drug-likeness (QED) is 0.160. The van der Waals surface area contributed by atoms with E-state index in [0.29, 0.717) is 0 Å². The smallest absolute Gasteiger partial charge is 0.101 e. The van der Waals surface area contributed by atoms with E-state index in [1.807, 2.05) is 24.3 Å². The van der Waals surface area contributed by atoms with Gasteiger partial charge in [0.1, 0.15) is 5.69 Å². The van der Waals surface area contributed by atoms with Crippen molar-refractivity contribution in [2.24, 2.45) is 0 Å². The second-order valence-corrected chi connectivity index (χ2v) is 14.5. The summed E-state index contributed by atoms with van der Waals surface area (Å²) in [5.74, 6) is 0. The Bertz CT molecular complexity index is 3260. The summed E-state index contributed by atoms with van der Waals surface area (Å²) in [7, 11) is 0. The molecule has 266 valence electrons. The zero-order chi connectivity index (χ0) is 37.7. The van der Waals surface area contributed by atoms with Gasteiger partial charge < -0.3 is 0 Å². The van der Waals surface area contributed by atoms with Gasteiger partial charge in [-0.05, 0) is 64.0 Å². The van der Waals surface area contributed by atoms with Gasteiger partial charge in [-0.1, -0.05) is 170 Å². The lowest BCUT2D eigenvalue weighted by Gasteiger charge is -2.12. The van der Waals surface area contributed by atoms with Crippen LogP contribution in [0.15, 0.2) is 206 Å². The van der Waals surface area contributed by atoms with Crippen LogP contribution in [0.2, 0.25) is 0 Å². The van der Waals surface area contributed by atoms with Crippen LogP contribution < -0.4 is 0 Å². The topological polar surface area (TPSA) is 43.6 Å². The summed E-state index contributed by atoms with van der Waals surface area (Å²) in [6.07, 6.45) is 0. The first-order valence-electron chi connectivity index (χ1n) is 19.3. The average molecular weight is 727 g/mol. The normalized spacial score (nSPS) is 11.5. The number of hydrogen-bond acceptors (Lipinski definition) is 3. The summed E-state index contributed by atoms with van der Waals surface area (Å²) in [4.78, 5) is 10.4. The zero-order valence-corrected chi connectivity index (χ0v) is 30.9. The molecule has 4 nitrogen and oxygen atoms in total. The molecule has 0 saturated carbocycles. The molecule has 0 spiro atoms. The molecule has 57 heavy (non-hydrogen) atoms. The molecule has 0 bridgehead atoms. The molecule has 0 atom stereocenters. The van der Waals surface area contributed by atoms with E-state index in [1.165, 1.54) is 10.8 Å². The molecule has 3 aromatic heterocycles. The Balaban J connectivity index is 1.01. The molecule has 0 aliphatic heterocycles. The first-order chi connectivity index (χ1) is 28.2. The van der Waals surface area contributed by atoms with Crippen molar-refractivity contribution < 1.29 is 0 Å². The van der Waals surface area contributed by atoms with Crippen LogP contribution in [0.4, 0.5) is 0 Å². The van der Waals surface area contributed by atoms with Crippen molar-refractivity contribution in [3.8, 4) is 61.7 Å². The molecular formula is C53H34N4. The van der Waals surface area contributed by atoms with Crippen molar-refractivity contribution in [1.82, 2.24) is 19.7 Å². The predicted molar refractivity (Wildman–Crippen MR) is 236 cm³/mol. The first kappa shape index (κ1) is 32.7. The molecule has 0 aliphatic carbocycles. The van der Waals surface area contributed by atoms with E-state index < -0.39 is 0 Å². The highest BCUT2D eigenvalue weighted by atomic mass is 15.3. The molecule has 0 aliphatic rings. The number of para-hydroxylation sites is 1. The number of pyridine rings is 2. The summed E-state index contributed by atoms with van der Waals surface area (Å²) in [6.45, 7) is 0. The summed E-state index contributed by atoms with van der Waals surface area (Å²) in [5, 5.41) is 11.0. The van der Waals surface area contributed by atoms with Gasteiger partial charge in [0, 0.05) is 38.2 Å². The largest absolute Gasteiger partial charge is 0.245 e. The number of hydrogen-bond donors (Lipinski definition) is 0. The third-order valence-electron chi connectivity index (χ3n) is 11.0. The molecule has 11 aromatic rings. The minimum atomic E-state index is 0.907. The fourth-order valence-electron chi connectivity index (χ4n) is 8.17. The standard InChI is InChI=1S/C53H34N4/c1-4-13-37(14-5-1)47-31-29-39-27-28-40-30-32-48(55-52(40)51(39)54-47)43-19-12-18-41(33-43)35-23-25-36(26-24-35)46-34-42-17-10-11-22-45(42)53-49(46)50(38-15-6-2-7-16-38)56-57(53)44-20-8-3-9-21-44/h1-34H. The Labute approximate surface area is 330 Å². The Morgan fingerprint density at radius 3 is 1.60 bits per heavy atom. The number of rotatable bonds is 6. The molecule has 11 rings (SSSR count). The fraction of sp³-hybridized carbons (Fsp3) is 0. The van der Waals surface area contributed by atoms with Gasteiger partial charge in [-0.15, -0.1) is 0 Å². The van der Waals surface area contributed by atoms with Crippen LogP contribution in [0.5, 0.6) is 0 Å². The average Bonchev–Trinajstić information content (AvgIpc) is 3.71. The molecule has 3 heterocycles. The van der Waals surface area contributed by atoms with E-state index in [-0.39, 0.29) is 0 Å². The molecular weight excluding hydrogens is 693 g/mol. The van der Waals surface area contributed by atoms with Gasteiger partial charge >= 0.3 is 0 Å². The molecule has 0 unspecified atom stereocenters. The fourth-order valence-corrected chi connectivity index (χ4v) is 8.17. The molecule has 0 amide bonds. The molecule has 0 N–H and O–H groups in total. The highest BCUT2D eigenvalue weighted by Crippen LogP contribution is 2.42. The van der Waals surface area contributed by atoms with E-state index in [1.54, 1.807) is 0 Å². The van der Waals surface area contributed by atoms with Crippen molar-refractivity contribution in [1.29, 1.82) is 0 Å². The van der Waals surface area contributed by atoms with Crippen LogP contribution in [-0.4, -0.2) is 19.7 Å². The number of fused-ring (bicyclic) bond motifs is 6. The van der Waals surface area contributed by atoms with Gasteiger partial charge in [0.15, 0.2) is 0 Å². The third-order valence-corrected chi connectivity index (χ3v) is 11.0. The third kappa shape index (κ3) is 5.74. The second kappa shape index (κ2) is 13.6. The first-order valence-corrected chi connectivity index (χ1v) is 19.3. The number of nitrogens with zero attached hydrogens (tertiary/aromatic N) is 4. The van der Waals surface area contributed by atoms with Crippen LogP contribution in [-0.2, 0) is 0 Å². The Kier molecular flexibility index (Phi) is 7.78. The zero-order valence-electron chi connectivity index (χ0n) is 30.9. The van der Waals surface area contributed by atoms with Crippen LogP contribution in [0, 0.1) is 0 Å². The molecule has 0 radical (unpaired) electrons. The Morgan fingerprint density at radius 1 is 0.351 bits per heavy atom. The van der Waals surface area contributed by atoms with E-state index in [2.05, 4.69) is 187 Å². The summed E-state index contributed by atoms with van der Waals surface area (Å²) < 4.78 is 2.12. The molecule has 8 aromatic carbocycles. The highest BCUT2D eigenvalue weighted by Gasteiger charge is 2.21. The second-order valence-electron chi connectivity index (χ2n) is 14.5. The molecule has 4 heteroatoms. The van der Waals surface area contributed by atoms with Crippen molar-refractivity contribution in [2.45, 2.75) is 0 Å². The van der Waals surface area contributed by atoms with Crippen LogP contribution >= 0.6 is 0 Å². The van der Waals surface area contributed by atoms with Crippen molar-refractivity contribution in [3.63, 3.8) is 0 Å². The van der Waals surface area contributed by atoms with Crippen molar-refractivity contribution in [3.05, 3.63) is 206 Å². The summed E-state index contributed by atoms with van der Waals surface area (Å²) in [5.41, 5.74) is 14.6. The van der Waals surface area contributed by atoms with Crippen LogP contribution in [0.3, 0.4) is 0 Å². The van der Waals surface area contributed by atoms with Gasteiger partial charge in [0.25, 0.3) is 0 Å². The maximum absolute atomic E-state index is 5.33. The van der Waals surface area contributed by atoms with Crippen molar-refractivity contribution in [2.75, 3.05) is 0 Å². The lowest BCUT2D eigenvalue weighted by molar-refractivity contribution is 0.918. The highest BCUT2D eigenvalue weighted by molar-refractivity contribution is 6.17. The summed E-state index contributed by atoms with van der Waals surface area (Å²) >= 11 is 0. The van der Waals surface area contributed by atoms with Crippen molar-refractivity contribution >= 4 is 43.5 Å². The maximum Gasteiger partial charge on any atom is 0.101 e. The minimum Gasteiger partial charge on any atom is -0.245 e. The van der Waals surface area contributed by atoms with Gasteiger partial charge in [-0.2, -0.15) is 5.10 Å². The molecule has 0 saturated heterocycles. The van der Waals surface area contributed by atoms with Gasteiger partial charge in [0.05, 0.1) is 33.6 Å². The van der Waals surface area contributed by atoms with E-state index in [0.717, 1.165) is 94.4 Å².